The van der Waals surface area contributed by atoms with E-state index in [9.17, 15) is 9.59 Å². The molecule has 6 nitrogen and oxygen atoms in total. The van der Waals surface area contributed by atoms with Crippen LogP contribution in [0.2, 0.25) is 0 Å². The second-order valence-electron chi connectivity index (χ2n) is 8.14. The van der Waals surface area contributed by atoms with Gasteiger partial charge in [-0.3, -0.25) is 14.5 Å². The van der Waals surface area contributed by atoms with Crippen molar-refractivity contribution in [3.63, 3.8) is 0 Å². The summed E-state index contributed by atoms with van der Waals surface area (Å²) in [6.45, 7) is 9.59. The quantitative estimate of drug-likeness (QED) is 0.763. The number of hydrogen-bond donors (Lipinski definition) is 0. The first-order valence-electron chi connectivity index (χ1n) is 9.63. The third-order valence-electron chi connectivity index (χ3n) is 4.92. The van der Waals surface area contributed by atoms with Gasteiger partial charge in [-0.05, 0) is 12.1 Å². The minimum absolute atomic E-state index is 0.0627. The SMILES string of the molecule is CC(C)(C)C(=O)COc1coc(CN2CCN(c3ccccc3)CC2)cc1=O. The van der Waals surface area contributed by atoms with Crippen LogP contribution in [-0.2, 0) is 11.3 Å². The average molecular weight is 384 g/mol. The Labute approximate surface area is 165 Å². The summed E-state index contributed by atoms with van der Waals surface area (Å²) in [4.78, 5) is 28.8. The van der Waals surface area contributed by atoms with Gasteiger partial charge in [-0.15, -0.1) is 0 Å². The van der Waals surface area contributed by atoms with E-state index in [1.807, 2.05) is 26.8 Å². The number of benzene rings is 1. The second kappa shape index (κ2) is 8.61. The molecule has 2 aromatic rings. The molecule has 0 amide bonds. The smallest absolute Gasteiger partial charge is 0.227 e. The lowest BCUT2D eigenvalue weighted by atomic mass is 9.91. The summed E-state index contributed by atoms with van der Waals surface area (Å²) < 4.78 is 10.9. The lowest BCUT2D eigenvalue weighted by Gasteiger charge is -2.35. The van der Waals surface area contributed by atoms with Gasteiger partial charge in [-0.2, -0.15) is 0 Å². The van der Waals surface area contributed by atoms with Crippen LogP contribution in [0.15, 0.2) is 51.9 Å². The number of carbonyl (C=O) groups excluding carboxylic acids is 1. The molecule has 0 aliphatic carbocycles. The molecule has 0 atom stereocenters. The number of carbonyl (C=O) groups is 1. The number of para-hydroxylation sites is 1. The molecule has 1 saturated heterocycles. The Morgan fingerprint density at radius 2 is 1.79 bits per heavy atom. The zero-order valence-corrected chi connectivity index (χ0v) is 16.8. The summed E-state index contributed by atoms with van der Waals surface area (Å²) in [6, 6.07) is 11.8. The molecule has 1 aromatic heterocycles. The normalized spacial score (nSPS) is 15.5. The van der Waals surface area contributed by atoms with Crippen LogP contribution in [0.25, 0.3) is 0 Å². The number of ketones is 1. The highest BCUT2D eigenvalue weighted by Crippen LogP contribution is 2.18. The number of Topliss-reactive ketones (excluding diaryl/α,β-unsaturated/α-hetero) is 1. The third-order valence-corrected chi connectivity index (χ3v) is 4.92. The maximum absolute atomic E-state index is 12.3. The Bertz CT molecular complexity index is 847. The molecule has 150 valence electrons. The fourth-order valence-electron chi connectivity index (χ4n) is 3.01. The highest BCUT2D eigenvalue weighted by molar-refractivity contribution is 5.85. The van der Waals surface area contributed by atoms with Crippen molar-refractivity contribution in [2.45, 2.75) is 27.3 Å². The van der Waals surface area contributed by atoms with Crippen molar-refractivity contribution in [3.8, 4) is 5.75 Å². The van der Waals surface area contributed by atoms with Crippen molar-refractivity contribution < 1.29 is 13.9 Å². The molecule has 1 aliphatic heterocycles. The molecule has 1 aliphatic rings. The predicted molar refractivity (Wildman–Crippen MR) is 109 cm³/mol. The Balaban J connectivity index is 1.52. The van der Waals surface area contributed by atoms with Crippen LogP contribution in [0.3, 0.4) is 0 Å². The number of nitrogens with zero attached hydrogens (tertiary/aromatic N) is 2. The molecule has 1 fully saturated rings. The topological polar surface area (TPSA) is 63.0 Å². The average Bonchev–Trinajstić information content (AvgIpc) is 2.67. The van der Waals surface area contributed by atoms with Crippen molar-refractivity contribution in [3.05, 3.63) is 58.6 Å². The Morgan fingerprint density at radius 3 is 2.39 bits per heavy atom. The molecule has 3 rings (SSSR count). The lowest BCUT2D eigenvalue weighted by Crippen LogP contribution is -2.46. The van der Waals surface area contributed by atoms with E-state index < -0.39 is 5.41 Å². The molecule has 1 aromatic carbocycles. The van der Waals surface area contributed by atoms with Gasteiger partial charge >= 0.3 is 0 Å². The predicted octanol–water partition coefficient (Wildman–Crippen LogP) is 2.96. The Hall–Kier alpha value is -2.60. The number of hydrogen-bond acceptors (Lipinski definition) is 6. The minimum Gasteiger partial charge on any atom is -0.479 e. The van der Waals surface area contributed by atoms with Gasteiger partial charge in [0.25, 0.3) is 0 Å². The first-order valence-corrected chi connectivity index (χ1v) is 9.63. The number of rotatable bonds is 6. The summed E-state index contributed by atoms with van der Waals surface area (Å²) in [6.07, 6.45) is 1.31. The van der Waals surface area contributed by atoms with Crippen LogP contribution in [-0.4, -0.2) is 43.5 Å². The summed E-state index contributed by atoms with van der Waals surface area (Å²) >= 11 is 0. The molecule has 0 saturated carbocycles. The van der Waals surface area contributed by atoms with Gasteiger partial charge in [0.15, 0.2) is 5.78 Å². The molecule has 6 heteroatoms. The van der Waals surface area contributed by atoms with Crippen molar-refractivity contribution >= 4 is 11.5 Å². The molecule has 0 spiro atoms. The second-order valence-corrected chi connectivity index (χ2v) is 8.14. The molecule has 28 heavy (non-hydrogen) atoms. The molecular formula is C22H28N2O4. The largest absolute Gasteiger partial charge is 0.479 e. The van der Waals surface area contributed by atoms with Gasteiger partial charge in [0.05, 0.1) is 6.54 Å². The number of ether oxygens (including phenoxy) is 1. The fourth-order valence-corrected chi connectivity index (χ4v) is 3.01. The van der Waals surface area contributed by atoms with Crippen molar-refractivity contribution in [2.75, 3.05) is 37.7 Å². The van der Waals surface area contributed by atoms with Crippen molar-refractivity contribution in [1.29, 1.82) is 0 Å². The van der Waals surface area contributed by atoms with Crippen molar-refractivity contribution in [2.24, 2.45) is 5.41 Å². The van der Waals surface area contributed by atoms with Crippen molar-refractivity contribution in [1.82, 2.24) is 4.90 Å². The van der Waals surface area contributed by atoms with Gasteiger partial charge in [0.2, 0.25) is 11.2 Å². The molecule has 0 unspecified atom stereocenters. The summed E-state index contributed by atoms with van der Waals surface area (Å²) in [7, 11) is 0. The Kier molecular flexibility index (Phi) is 6.19. The van der Waals surface area contributed by atoms with Gasteiger partial charge in [-0.25, -0.2) is 0 Å². The maximum atomic E-state index is 12.3. The van der Waals surface area contributed by atoms with E-state index in [2.05, 4.69) is 34.1 Å². The van der Waals surface area contributed by atoms with Crippen LogP contribution >= 0.6 is 0 Å². The number of piperazine rings is 1. The van der Waals surface area contributed by atoms with Gasteiger partial charge in [0.1, 0.15) is 18.6 Å². The molecule has 0 bridgehead atoms. The number of anilines is 1. The van der Waals surface area contributed by atoms with Crippen LogP contribution in [0.1, 0.15) is 26.5 Å². The standard InChI is InChI=1S/C22H28N2O4/c1-22(2,3)21(26)16-28-20-15-27-18(13-19(20)25)14-23-9-11-24(12-10-23)17-7-5-4-6-8-17/h4-8,13,15H,9-12,14,16H2,1-3H3. The van der Waals surface area contributed by atoms with Crippen LogP contribution in [0, 0.1) is 5.41 Å². The van der Waals surface area contributed by atoms with Crippen LogP contribution in [0.4, 0.5) is 5.69 Å². The van der Waals surface area contributed by atoms with Gasteiger partial charge in [0, 0.05) is 43.3 Å². The highest BCUT2D eigenvalue weighted by Gasteiger charge is 2.22. The summed E-state index contributed by atoms with van der Waals surface area (Å²) in [5.74, 6) is 0.621. The highest BCUT2D eigenvalue weighted by atomic mass is 16.5. The van der Waals surface area contributed by atoms with E-state index >= 15 is 0 Å². The van der Waals surface area contributed by atoms with Crippen LogP contribution < -0.4 is 15.1 Å². The zero-order valence-electron chi connectivity index (χ0n) is 16.8. The van der Waals surface area contributed by atoms with Gasteiger partial charge < -0.3 is 14.1 Å². The zero-order chi connectivity index (χ0) is 20.1. The molecular weight excluding hydrogens is 356 g/mol. The van der Waals surface area contributed by atoms with E-state index in [1.165, 1.54) is 18.0 Å². The van der Waals surface area contributed by atoms with E-state index in [1.54, 1.807) is 0 Å². The fraction of sp³-hybridized carbons (Fsp3) is 0.455. The van der Waals surface area contributed by atoms with E-state index in [-0.39, 0.29) is 23.6 Å². The maximum Gasteiger partial charge on any atom is 0.227 e. The monoisotopic (exact) mass is 384 g/mol. The van der Waals surface area contributed by atoms with E-state index in [4.69, 9.17) is 9.15 Å². The molecule has 0 N–H and O–H groups in total. The van der Waals surface area contributed by atoms with Crippen LogP contribution in [0.5, 0.6) is 5.75 Å². The first kappa shape index (κ1) is 20.1. The molecule has 2 heterocycles. The van der Waals surface area contributed by atoms with Gasteiger partial charge in [-0.1, -0.05) is 39.0 Å². The Morgan fingerprint density at radius 1 is 1.11 bits per heavy atom. The minimum atomic E-state index is -0.498. The van der Waals surface area contributed by atoms with E-state index in [0.29, 0.717) is 12.3 Å². The lowest BCUT2D eigenvalue weighted by molar-refractivity contribution is -0.128. The summed E-state index contributed by atoms with van der Waals surface area (Å²) in [5.41, 5.74) is 0.480. The first-order chi connectivity index (χ1) is 13.3. The summed E-state index contributed by atoms with van der Waals surface area (Å²) in [5, 5.41) is 0. The van der Waals surface area contributed by atoms with E-state index in [0.717, 1.165) is 26.2 Å². The third kappa shape index (κ3) is 5.23. The molecule has 0 radical (unpaired) electrons.